The Morgan fingerprint density at radius 1 is 1.11 bits per heavy atom. The summed E-state index contributed by atoms with van der Waals surface area (Å²) < 4.78 is 10.4. The van der Waals surface area contributed by atoms with E-state index < -0.39 is 23.8 Å². The Hall–Kier alpha value is -4.21. The van der Waals surface area contributed by atoms with Gasteiger partial charge in [0.1, 0.15) is 11.6 Å². The van der Waals surface area contributed by atoms with Crippen molar-refractivity contribution in [2.45, 2.75) is 50.7 Å². The third kappa shape index (κ3) is 6.14. The van der Waals surface area contributed by atoms with Gasteiger partial charge in [-0.2, -0.15) is 0 Å². The van der Waals surface area contributed by atoms with Crippen molar-refractivity contribution in [2.24, 2.45) is 0 Å². The van der Waals surface area contributed by atoms with Gasteiger partial charge in [-0.15, -0.1) is 0 Å². The summed E-state index contributed by atoms with van der Waals surface area (Å²) in [6.45, 7) is 1.28. The van der Waals surface area contributed by atoms with Crippen molar-refractivity contribution in [3.8, 4) is 11.5 Å². The number of amides is 3. The number of fused-ring (bicyclic) bond motifs is 1. The van der Waals surface area contributed by atoms with Gasteiger partial charge in [0.25, 0.3) is 5.91 Å². The monoisotopic (exact) mass is 506 g/mol. The number of ether oxygens (including phenoxy) is 1. The van der Waals surface area contributed by atoms with E-state index in [2.05, 4.69) is 20.4 Å². The number of hydrogen-bond donors (Lipinski definition) is 2. The number of esters is 1. The molecule has 3 amide bonds. The van der Waals surface area contributed by atoms with Crippen molar-refractivity contribution in [3.05, 3.63) is 54.1 Å². The van der Waals surface area contributed by atoms with Gasteiger partial charge in [-0.3, -0.25) is 19.2 Å². The molecule has 0 spiro atoms. The second kappa shape index (κ2) is 11.2. The van der Waals surface area contributed by atoms with Crippen LogP contribution in [0.25, 0.3) is 22.6 Å². The van der Waals surface area contributed by atoms with Crippen molar-refractivity contribution in [1.82, 2.24) is 20.5 Å². The highest BCUT2D eigenvalue weighted by Gasteiger charge is 2.33. The zero-order chi connectivity index (χ0) is 26.5. The first-order chi connectivity index (χ1) is 17.7. The Balaban J connectivity index is 1.35. The lowest BCUT2D eigenvalue weighted by molar-refractivity contribution is -0.143. The SMILES string of the molecule is COC(=O)C[C@H](NC(C)=O)C(=O)N[C@H]1CC[C@@H](N(C)C(=O)c2ccc(-c3nc4ccccc4o3)cc2)C1. The molecule has 2 aromatic carbocycles. The normalized spacial score (nSPS) is 17.7. The highest BCUT2D eigenvalue weighted by Crippen LogP contribution is 2.27. The number of methoxy groups -OCH3 is 1. The maximum absolute atomic E-state index is 13.1. The third-order valence-electron chi connectivity index (χ3n) is 6.58. The van der Waals surface area contributed by atoms with Gasteiger partial charge in [-0.25, -0.2) is 4.98 Å². The van der Waals surface area contributed by atoms with Crippen LogP contribution < -0.4 is 10.6 Å². The molecule has 1 heterocycles. The average molecular weight is 507 g/mol. The number of carbonyl (C=O) groups is 4. The minimum absolute atomic E-state index is 0.0608. The first-order valence-electron chi connectivity index (χ1n) is 12.1. The van der Waals surface area contributed by atoms with Crippen molar-refractivity contribution < 1.29 is 28.3 Å². The summed E-state index contributed by atoms with van der Waals surface area (Å²) in [5.41, 5.74) is 2.79. The first kappa shape index (κ1) is 25.9. The number of para-hydroxylation sites is 2. The molecule has 4 rings (SSSR count). The zero-order valence-electron chi connectivity index (χ0n) is 21.0. The summed E-state index contributed by atoms with van der Waals surface area (Å²) in [5, 5.41) is 5.39. The van der Waals surface area contributed by atoms with Crippen LogP contribution in [0.2, 0.25) is 0 Å². The van der Waals surface area contributed by atoms with Gasteiger partial charge in [-0.05, 0) is 55.7 Å². The summed E-state index contributed by atoms with van der Waals surface area (Å²) in [4.78, 5) is 55.1. The lowest BCUT2D eigenvalue weighted by Gasteiger charge is -2.25. The molecule has 1 fully saturated rings. The van der Waals surface area contributed by atoms with Gasteiger partial charge in [0, 0.05) is 37.2 Å². The third-order valence-corrected chi connectivity index (χ3v) is 6.58. The van der Waals surface area contributed by atoms with Gasteiger partial charge < -0.3 is 24.7 Å². The number of hydrogen-bond acceptors (Lipinski definition) is 7. The smallest absolute Gasteiger partial charge is 0.308 e. The Morgan fingerprint density at radius 3 is 2.51 bits per heavy atom. The second-order valence-corrected chi connectivity index (χ2v) is 9.19. The van der Waals surface area contributed by atoms with Crippen LogP contribution in [0.1, 0.15) is 43.0 Å². The molecule has 2 N–H and O–H groups in total. The van der Waals surface area contributed by atoms with Crippen LogP contribution in [0.3, 0.4) is 0 Å². The molecule has 10 nitrogen and oxygen atoms in total. The molecule has 1 aromatic heterocycles. The van der Waals surface area contributed by atoms with Gasteiger partial charge in [-0.1, -0.05) is 12.1 Å². The van der Waals surface area contributed by atoms with Crippen LogP contribution in [0, 0.1) is 0 Å². The number of nitrogens with zero attached hydrogens (tertiary/aromatic N) is 2. The molecule has 0 saturated heterocycles. The van der Waals surface area contributed by atoms with Crippen LogP contribution in [0.15, 0.2) is 52.9 Å². The molecule has 1 saturated carbocycles. The van der Waals surface area contributed by atoms with E-state index in [-0.39, 0.29) is 24.4 Å². The van der Waals surface area contributed by atoms with E-state index in [9.17, 15) is 19.2 Å². The Kier molecular flexibility index (Phi) is 7.86. The number of aromatic nitrogens is 1. The lowest BCUT2D eigenvalue weighted by Crippen LogP contribution is -2.50. The summed E-state index contributed by atoms with van der Waals surface area (Å²) in [5.74, 6) is -1.09. The lowest BCUT2D eigenvalue weighted by atomic mass is 10.1. The average Bonchev–Trinajstić information content (AvgIpc) is 3.54. The molecule has 0 unspecified atom stereocenters. The summed E-state index contributed by atoms with van der Waals surface area (Å²) >= 11 is 0. The largest absolute Gasteiger partial charge is 0.469 e. The minimum Gasteiger partial charge on any atom is -0.469 e. The van der Waals surface area contributed by atoms with Gasteiger partial charge >= 0.3 is 5.97 Å². The van der Waals surface area contributed by atoms with Gasteiger partial charge in [0.2, 0.25) is 17.7 Å². The molecule has 0 radical (unpaired) electrons. The topological polar surface area (TPSA) is 131 Å². The fraction of sp³-hybridized carbons (Fsp3) is 0.370. The van der Waals surface area contributed by atoms with E-state index in [1.807, 2.05) is 36.4 Å². The Bertz CT molecular complexity index is 1270. The molecule has 3 atom stereocenters. The van der Waals surface area contributed by atoms with Crippen molar-refractivity contribution >= 4 is 34.8 Å². The van der Waals surface area contributed by atoms with E-state index in [0.717, 1.165) is 17.5 Å². The Morgan fingerprint density at radius 2 is 1.84 bits per heavy atom. The highest BCUT2D eigenvalue weighted by atomic mass is 16.5. The summed E-state index contributed by atoms with van der Waals surface area (Å²) in [6.07, 6.45) is 1.71. The molecule has 10 heteroatoms. The zero-order valence-corrected chi connectivity index (χ0v) is 21.0. The fourth-order valence-corrected chi connectivity index (χ4v) is 4.57. The van der Waals surface area contributed by atoms with E-state index in [0.29, 0.717) is 29.9 Å². The van der Waals surface area contributed by atoms with E-state index in [1.165, 1.54) is 14.0 Å². The highest BCUT2D eigenvalue weighted by molar-refractivity contribution is 5.95. The van der Waals surface area contributed by atoms with Crippen LogP contribution in [0.5, 0.6) is 0 Å². The van der Waals surface area contributed by atoms with Gasteiger partial charge in [0.05, 0.1) is 13.5 Å². The van der Waals surface area contributed by atoms with Gasteiger partial charge in [0.15, 0.2) is 5.58 Å². The maximum atomic E-state index is 13.1. The number of nitrogens with one attached hydrogen (secondary N) is 2. The fourth-order valence-electron chi connectivity index (χ4n) is 4.57. The van der Waals surface area contributed by atoms with Crippen molar-refractivity contribution in [2.75, 3.05) is 14.2 Å². The van der Waals surface area contributed by atoms with Crippen LogP contribution >= 0.6 is 0 Å². The molecule has 194 valence electrons. The summed E-state index contributed by atoms with van der Waals surface area (Å²) in [6, 6.07) is 13.4. The van der Waals surface area contributed by atoms with E-state index in [4.69, 9.17) is 4.42 Å². The van der Waals surface area contributed by atoms with Crippen LogP contribution in [-0.4, -0.2) is 65.9 Å². The number of rotatable bonds is 8. The molecule has 1 aliphatic rings. The first-order valence-corrected chi connectivity index (χ1v) is 12.1. The number of benzene rings is 2. The molecule has 0 aliphatic heterocycles. The predicted octanol–water partition coefficient (Wildman–Crippen LogP) is 2.67. The second-order valence-electron chi connectivity index (χ2n) is 9.19. The van der Waals surface area contributed by atoms with E-state index in [1.54, 1.807) is 24.1 Å². The minimum atomic E-state index is -1.01. The van der Waals surface area contributed by atoms with Crippen LogP contribution in [0.4, 0.5) is 0 Å². The van der Waals surface area contributed by atoms with E-state index >= 15 is 0 Å². The molecule has 0 bridgehead atoms. The van der Waals surface area contributed by atoms with Crippen molar-refractivity contribution in [1.29, 1.82) is 0 Å². The molecule has 1 aliphatic carbocycles. The Labute approximate surface area is 214 Å². The number of carbonyl (C=O) groups excluding carboxylic acids is 4. The molecular weight excluding hydrogens is 476 g/mol. The maximum Gasteiger partial charge on any atom is 0.308 e. The molecular formula is C27H30N4O6. The summed E-state index contributed by atoms with van der Waals surface area (Å²) in [7, 11) is 2.98. The van der Waals surface area contributed by atoms with Crippen molar-refractivity contribution in [3.63, 3.8) is 0 Å². The standard InChI is InChI=1S/C27H30N4O6/c1-16(32)28-22(15-24(33)36-3)25(34)29-19-12-13-20(14-19)31(2)27(35)18-10-8-17(9-11-18)26-30-21-6-4-5-7-23(21)37-26/h4-11,19-20,22H,12-15H2,1-3H3,(H,28,32)(H,29,34)/t19-,20+,22-/m0/s1. The van der Waals surface area contributed by atoms with Crippen LogP contribution in [-0.2, 0) is 19.1 Å². The molecule has 3 aromatic rings. The predicted molar refractivity (Wildman–Crippen MR) is 135 cm³/mol. The molecule has 37 heavy (non-hydrogen) atoms. The quantitative estimate of drug-likeness (QED) is 0.449. The number of oxazole rings is 1.